The van der Waals surface area contributed by atoms with E-state index in [-0.39, 0.29) is 6.04 Å². The minimum Gasteiger partial charge on any atom is -0.377 e. The number of aryl methyl sites for hydroxylation is 1. The van der Waals surface area contributed by atoms with E-state index in [1.165, 1.54) is 24.0 Å². The Morgan fingerprint density at radius 1 is 1.24 bits per heavy atom. The second-order valence-corrected chi connectivity index (χ2v) is 6.21. The summed E-state index contributed by atoms with van der Waals surface area (Å²) in [5.74, 6) is 0.721. The molecule has 0 aromatic heterocycles. The molecule has 0 aliphatic heterocycles. The second kappa shape index (κ2) is 6.08. The van der Waals surface area contributed by atoms with Crippen LogP contribution in [0, 0.1) is 6.92 Å². The minimum absolute atomic E-state index is 0.126. The Balaban J connectivity index is 1.86. The van der Waals surface area contributed by atoms with Gasteiger partial charge in [-0.15, -0.1) is 0 Å². The van der Waals surface area contributed by atoms with Gasteiger partial charge in [0.25, 0.3) is 0 Å². The highest BCUT2D eigenvalue weighted by Gasteiger charge is 2.27. The Hall–Kier alpha value is -1.51. The summed E-state index contributed by atoms with van der Waals surface area (Å²) in [5, 5.41) is 4.31. The monoisotopic (exact) mass is 300 g/mol. The van der Waals surface area contributed by atoms with E-state index in [4.69, 9.17) is 17.3 Å². The van der Waals surface area contributed by atoms with Gasteiger partial charge in [0.05, 0.1) is 6.04 Å². The van der Waals surface area contributed by atoms with Crippen LogP contribution in [0.25, 0.3) is 0 Å². The van der Waals surface area contributed by atoms with Crippen molar-refractivity contribution in [2.45, 2.75) is 31.7 Å². The van der Waals surface area contributed by atoms with Crippen molar-refractivity contribution >= 4 is 17.3 Å². The molecule has 2 nitrogen and oxygen atoms in total. The van der Waals surface area contributed by atoms with Gasteiger partial charge in [-0.2, -0.15) is 0 Å². The van der Waals surface area contributed by atoms with Gasteiger partial charge < -0.3 is 11.1 Å². The fourth-order valence-electron chi connectivity index (χ4n) is 2.74. The summed E-state index contributed by atoms with van der Waals surface area (Å²) in [7, 11) is 0. The van der Waals surface area contributed by atoms with E-state index in [2.05, 4.69) is 35.6 Å². The first kappa shape index (κ1) is 14.4. The van der Waals surface area contributed by atoms with Crippen LogP contribution < -0.4 is 11.1 Å². The summed E-state index contributed by atoms with van der Waals surface area (Å²) < 4.78 is 0. The lowest BCUT2D eigenvalue weighted by atomic mass is 9.97. The number of rotatable bonds is 5. The van der Waals surface area contributed by atoms with Crippen LogP contribution in [-0.2, 0) is 0 Å². The number of nitrogens with one attached hydrogen (secondary N) is 1. The van der Waals surface area contributed by atoms with Crippen LogP contribution in [0.5, 0.6) is 0 Å². The fourth-order valence-corrected chi connectivity index (χ4v) is 2.92. The molecule has 3 heteroatoms. The maximum absolute atomic E-state index is 6.21. The van der Waals surface area contributed by atoms with Crippen molar-refractivity contribution in [3.63, 3.8) is 0 Å². The Bertz CT molecular complexity index is 635. The molecule has 0 amide bonds. The summed E-state index contributed by atoms with van der Waals surface area (Å²) >= 11 is 6.21. The topological polar surface area (TPSA) is 38.0 Å². The van der Waals surface area contributed by atoms with Crippen LogP contribution in [-0.4, -0.2) is 6.54 Å². The average molecular weight is 301 g/mol. The van der Waals surface area contributed by atoms with Crippen molar-refractivity contribution in [3.8, 4) is 0 Å². The molecule has 1 aliphatic carbocycles. The van der Waals surface area contributed by atoms with Crippen molar-refractivity contribution in [1.29, 1.82) is 0 Å². The third-order valence-electron chi connectivity index (χ3n) is 4.14. The minimum atomic E-state index is 0.126. The van der Waals surface area contributed by atoms with Gasteiger partial charge in [0.15, 0.2) is 0 Å². The molecule has 0 spiro atoms. The van der Waals surface area contributed by atoms with E-state index < -0.39 is 0 Å². The summed E-state index contributed by atoms with van der Waals surface area (Å²) in [6.45, 7) is 2.57. The highest BCUT2D eigenvalue weighted by molar-refractivity contribution is 6.31. The maximum atomic E-state index is 6.21. The van der Waals surface area contributed by atoms with E-state index in [1.807, 2.05) is 19.1 Å². The third-order valence-corrected chi connectivity index (χ3v) is 4.54. The van der Waals surface area contributed by atoms with E-state index in [1.54, 1.807) is 0 Å². The van der Waals surface area contributed by atoms with Crippen LogP contribution in [0.1, 0.15) is 41.5 Å². The predicted molar refractivity (Wildman–Crippen MR) is 90.0 cm³/mol. The second-order valence-electron chi connectivity index (χ2n) is 5.80. The predicted octanol–water partition coefficient (Wildman–Crippen LogP) is 4.64. The summed E-state index contributed by atoms with van der Waals surface area (Å²) in [5.41, 5.74) is 10.9. The molecule has 1 atom stereocenters. The molecule has 3 rings (SSSR count). The van der Waals surface area contributed by atoms with Crippen molar-refractivity contribution in [1.82, 2.24) is 0 Å². The van der Waals surface area contributed by atoms with Gasteiger partial charge in [0, 0.05) is 17.3 Å². The number of nitrogens with two attached hydrogens (primary N) is 1. The lowest BCUT2D eigenvalue weighted by Gasteiger charge is -2.22. The van der Waals surface area contributed by atoms with E-state index >= 15 is 0 Å². The SMILES string of the molecule is Cc1ccc(NC(CN)c2ccccc2C2CC2)cc1Cl. The smallest absolute Gasteiger partial charge is 0.0638 e. The van der Waals surface area contributed by atoms with Gasteiger partial charge in [0.2, 0.25) is 0 Å². The van der Waals surface area contributed by atoms with E-state index in [0.717, 1.165) is 22.2 Å². The van der Waals surface area contributed by atoms with Crippen LogP contribution in [0.2, 0.25) is 5.02 Å². The first-order valence-corrected chi connectivity index (χ1v) is 7.88. The lowest BCUT2D eigenvalue weighted by molar-refractivity contribution is 0.776. The molecule has 1 aliphatic rings. The molecule has 21 heavy (non-hydrogen) atoms. The summed E-state index contributed by atoms with van der Waals surface area (Å²) in [6, 6.07) is 14.8. The first-order chi connectivity index (χ1) is 10.2. The van der Waals surface area contributed by atoms with Crippen molar-refractivity contribution in [2.24, 2.45) is 5.73 Å². The molecule has 1 saturated carbocycles. The first-order valence-electron chi connectivity index (χ1n) is 7.50. The largest absolute Gasteiger partial charge is 0.377 e. The zero-order valence-corrected chi connectivity index (χ0v) is 13.0. The molecule has 0 heterocycles. The third kappa shape index (κ3) is 3.22. The van der Waals surface area contributed by atoms with Gasteiger partial charge in [-0.05, 0) is 54.5 Å². The molecule has 0 bridgehead atoms. The molecule has 0 saturated heterocycles. The summed E-state index contributed by atoms with van der Waals surface area (Å²) in [4.78, 5) is 0. The normalized spacial score (nSPS) is 15.8. The molecule has 2 aromatic rings. The fraction of sp³-hybridized carbons (Fsp3) is 0.333. The number of hydrogen-bond donors (Lipinski definition) is 2. The number of anilines is 1. The van der Waals surface area contributed by atoms with Gasteiger partial charge in [-0.25, -0.2) is 0 Å². The standard InChI is InChI=1S/C18H21ClN2/c1-12-6-9-14(10-17(12)19)21-18(11-20)16-5-3-2-4-15(16)13-7-8-13/h2-6,9-10,13,18,21H,7-8,11,20H2,1H3. The molecule has 110 valence electrons. The molecule has 1 unspecified atom stereocenters. The van der Waals surface area contributed by atoms with Crippen LogP contribution in [0.4, 0.5) is 5.69 Å². The van der Waals surface area contributed by atoms with Gasteiger partial charge >= 0.3 is 0 Å². The lowest BCUT2D eigenvalue weighted by Crippen LogP contribution is -2.21. The highest BCUT2D eigenvalue weighted by atomic mass is 35.5. The number of benzene rings is 2. The maximum Gasteiger partial charge on any atom is 0.0638 e. The van der Waals surface area contributed by atoms with E-state index in [0.29, 0.717) is 6.54 Å². The number of halogens is 1. The Labute approximate surface area is 131 Å². The zero-order chi connectivity index (χ0) is 14.8. The van der Waals surface area contributed by atoms with Crippen LogP contribution in [0.3, 0.4) is 0 Å². The van der Waals surface area contributed by atoms with Gasteiger partial charge in [0.1, 0.15) is 0 Å². The van der Waals surface area contributed by atoms with Crippen molar-refractivity contribution in [3.05, 3.63) is 64.2 Å². The zero-order valence-electron chi connectivity index (χ0n) is 12.3. The Morgan fingerprint density at radius 2 is 2.00 bits per heavy atom. The molecule has 2 aromatic carbocycles. The van der Waals surface area contributed by atoms with Crippen molar-refractivity contribution in [2.75, 3.05) is 11.9 Å². The van der Waals surface area contributed by atoms with Gasteiger partial charge in [-0.1, -0.05) is 41.9 Å². The average Bonchev–Trinajstić information content (AvgIpc) is 3.33. The van der Waals surface area contributed by atoms with Gasteiger partial charge in [-0.3, -0.25) is 0 Å². The highest BCUT2D eigenvalue weighted by Crippen LogP contribution is 2.43. The molecule has 3 N–H and O–H groups in total. The molecule has 1 fully saturated rings. The van der Waals surface area contributed by atoms with Crippen LogP contribution >= 0.6 is 11.6 Å². The number of hydrogen-bond acceptors (Lipinski definition) is 2. The van der Waals surface area contributed by atoms with E-state index in [9.17, 15) is 0 Å². The van der Waals surface area contributed by atoms with Crippen LogP contribution in [0.15, 0.2) is 42.5 Å². The molecular weight excluding hydrogens is 280 g/mol. The molecular formula is C18H21ClN2. The quantitative estimate of drug-likeness (QED) is 0.844. The summed E-state index contributed by atoms with van der Waals surface area (Å²) in [6.07, 6.45) is 2.59. The van der Waals surface area contributed by atoms with Crippen molar-refractivity contribution < 1.29 is 0 Å². The Morgan fingerprint density at radius 3 is 2.67 bits per heavy atom. The molecule has 0 radical (unpaired) electrons. The Kier molecular flexibility index (Phi) is 4.18.